The molecule has 10 nitrogen and oxygen atoms in total. The average molecular weight is 627 g/mol. The molecule has 2 aliphatic rings. The van der Waals surface area contributed by atoms with E-state index in [9.17, 15) is 18.3 Å². The smallest absolute Gasteiger partial charge is 0.320 e. The Bertz CT molecular complexity index is 1390. The number of amidine groups is 2. The van der Waals surface area contributed by atoms with Crippen LogP contribution in [-0.2, 0) is 14.8 Å². The SMILES string of the molecule is Cc1cc(N(C/C=C/c2cccc(C(=N)N)c2)S(=O)(=O)CC(=O)O)ccc1OC1CCN(C2=NCCC2)CC1.Cl.Cl. The lowest BCUT2D eigenvalue weighted by molar-refractivity contribution is -0.134. The molecule has 0 bridgehead atoms. The molecule has 0 saturated carbocycles. The Hall–Kier alpha value is -3.28. The summed E-state index contributed by atoms with van der Waals surface area (Å²) < 4.78 is 33.4. The molecular formula is C28H37Cl2N5O5S. The molecule has 224 valence electrons. The summed E-state index contributed by atoms with van der Waals surface area (Å²) in [6, 6.07) is 12.1. The van der Waals surface area contributed by atoms with Crippen LogP contribution in [0.2, 0.25) is 0 Å². The first-order valence-electron chi connectivity index (χ1n) is 13.0. The zero-order chi connectivity index (χ0) is 28.0. The summed E-state index contributed by atoms with van der Waals surface area (Å²) in [5, 5.41) is 16.8. The molecule has 2 aromatic carbocycles. The second-order valence-corrected chi connectivity index (χ2v) is 11.7. The fourth-order valence-electron chi connectivity index (χ4n) is 4.82. The highest BCUT2D eigenvalue weighted by Gasteiger charge is 2.27. The van der Waals surface area contributed by atoms with Crippen molar-refractivity contribution in [1.82, 2.24) is 4.90 Å². The van der Waals surface area contributed by atoms with Gasteiger partial charge in [0, 0.05) is 44.5 Å². The molecular weight excluding hydrogens is 589 g/mol. The van der Waals surface area contributed by atoms with Crippen LogP contribution in [0.3, 0.4) is 0 Å². The average Bonchev–Trinajstić information content (AvgIpc) is 3.43. The third kappa shape index (κ3) is 9.11. The number of carboxylic acid groups (broad SMARTS) is 1. The molecule has 0 radical (unpaired) electrons. The third-order valence-electron chi connectivity index (χ3n) is 6.82. The van der Waals surface area contributed by atoms with Gasteiger partial charge in [0.05, 0.1) is 18.1 Å². The predicted molar refractivity (Wildman–Crippen MR) is 168 cm³/mol. The maximum atomic E-state index is 13.0. The number of hydrogen-bond donors (Lipinski definition) is 3. The predicted octanol–water partition coefficient (Wildman–Crippen LogP) is 4.09. The van der Waals surface area contributed by atoms with Gasteiger partial charge >= 0.3 is 5.97 Å². The highest BCUT2D eigenvalue weighted by Crippen LogP contribution is 2.29. The van der Waals surface area contributed by atoms with Gasteiger partial charge in [-0.15, -0.1) is 24.8 Å². The Labute approximate surface area is 253 Å². The molecule has 4 N–H and O–H groups in total. The van der Waals surface area contributed by atoms with Gasteiger partial charge in [0.2, 0.25) is 10.0 Å². The Balaban J connectivity index is 0.00000294. The van der Waals surface area contributed by atoms with Crippen LogP contribution < -0.4 is 14.8 Å². The van der Waals surface area contributed by atoms with Crippen molar-refractivity contribution >= 4 is 64.2 Å². The van der Waals surface area contributed by atoms with Crippen molar-refractivity contribution in [3.05, 3.63) is 65.2 Å². The second kappa shape index (κ2) is 15.1. The molecule has 0 unspecified atom stereocenters. The molecule has 2 aromatic rings. The van der Waals surface area contributed by atoms with E-state index in [1.54, 1.807) is 54.6 Å². The van der Waals surface area contributed by atoms with Crippen molar-refractivity contribution in [1.29, 1.82) is 5.41 Å². The maximum absolute atomic E-state index is 13.0. The van der Waals surface area contributed by atoms with E-state index < -0.39 is 21.7 Å². The summed E-state index contributed by atoms with van der Waals surface area (Å²) in [6.45, 7) is 4.51. The van der Waals surface area contributed by atoms with E-state index in [-0.39, 0.29) is 43.3 Å². The number of aryl methyl sites for hydroxylation is 1. The maximum Gasteiger partial charge on any atom is 0.320 e. The van der Waals surface area contributed by atoms with Gasteiger partial charge in [0.25, 0.3) is 0 Å². The number of sulfonamides is 1. The fourth-order valence-corrected chi connectivity index (χ4v) is 6.04. The number of likely N-dealkylation sites (tertiary alicyclic amines) is 1. The number of halogens is 2. The number of carbonyl (C=O) groups is 1. The minimum Gasteiger partial charge on any atom is -0.490 e. The lowest BCUT2D eigenvalue weighted by Gasteiger charge is -2.34. The summed E-state index contributed by atoms with van der Waals surface area (Å²) in [6.07, 6.45) is 7.36. The summed E-state index contributed by atoms with van der Waals surface area (Å²) in [5.74, 6) is -0.631. The van der Waals surface area contributed by atoms with Crippen molar-refractivity contribution in [2.45, 2.75) is 38.7 Å². The van der Waals surface area contributed by atoms with Crippen LogP contribution in [0.5, 0.6) is 5.75 Å². The lowest BCUT2D eigenvalue weighted by atomic mass is 10.1. The molecule has 0 atom stereocenters. The van der Waals surface area contributed by atoms with Gasteiger partial charge in [-0.2, -0.15) is 0 Å². The standard InChI is InChI=1S/C28H35N5O5S.2ClH/c1-20-17-23(9-10-25(20)38-24-11-15-32(16-12-24)26-8-3-13-31-26)33(39(36,37)19-27(34)35)14-4-6-21-5-2-7-22(18-21)28(29)30;;/h2,4-7,9-10,17-18,24H,3,8,11-16,19H2,1H3,(H3,29,30)(H,34,35);2*1H/b6-4+;;. The largest absolute Gasteiger partial charge is 0.490 e. The van der Waals surface area contributed by atoms with E-state index in [0.29, 0.717) is 17.0 Å². The molecule has 0 spiro atoms. The van der Waals surface area contributed by atoms with Gasteiger partial charge in [-0.05, 0) is 48.7 Å². The van der Waals surface area contributed by atoms with Crippen LogP contribution in [0.1, 0.15) is 42.4 Å². The van der Waals surface area contributed by atoms with Gasteiger partial charge in [0.15, 0.2) is 5.75 Å². The third-order valence-corrected chi connectivity index (χ3v) is 8.46. The second-order valence-electron chi connectivity index (χ2n) is 9.78. The Morgan fingerprint density at radius 1 is 1.22 bits per heavy atom. The molecule has 2 aliphatic heterocycles. The number of hydrogen-bond acceptors (Lipinski definition) is 7. The van der Waals surface area contributed by atoms with Crippen LogP contribution in [-0.4, -0.2) is 74.1 Å². The molecule has 0 aromatic heterocycles. The molecule has 13 heteroatoms. The number of aliphatic imine (C=N–C) groups is 1. The molecule has 41 heavy (non-hydrogen) atoms. The van der Waals surface area contributed by atoms with E-state index in [1.165, 1.54) is 5.84 Å². The van der Waals surface area contributed by atoms with Crippen molar-refractivity contribution < 1.29 is 23.1 Å². The van der Waals surface area contributed by atoms with E-state index in [2.05, 4.69) is 9.89 Å². The van der Waals surface area contributed by atoms with Gasteiger partial charge in [0.1, 0.15) is 17.7 Å². The number of nitrogens with one attached hydrogen (secondary N) is 1. The number of piperidine rings is 1. The van der Waals surface area contributed by atoms with Crippen LogP contribution in [0.15, 0.2) is 53.5 Å². The first-order chi connectivity index (χ1) is 18.6. The van der Waals surface area contributed by atoms with Gasteiger partial charge in [-0.3, -0.25) is 19.5 Å². The first kappa shape index (κ1) is 33.9. The van der Waals surface area contributed by atoms with Crippen LogP contribution in [0.4, 0.5) is 5.69 Å². The summed E-state index contributed by atoms with van der Waals surface area (Å²) >= 11 is 0. The Morgan fingerprint density at radius 3 is 2.56 bits per heavy atom. The van der Waals surface area contributed by atoms with Gasteiger partial charge < -0.3 is 20.5 Å². The minimum absolute atomic E-state index is 0. The number of anilines is 1. The fraction of sp³-hybridized carbons (Fsp3) is 0.393. The van der Waals surface area contributed by atoms with E-state index in [1.807, 2.05) is 6.92 Å². The monoisotopic (exact) mass is 625 g/mol. The summed E-state index contributed by atoms with van der Waals surface area (Å²) in [5.41, 5.74) is 7.97. The topological polar surface area (TPSA) is 149 Å². The Morgan fingerprint density at radius 2 is 1.95 bits per heavy atom. The van der Waals surface area contributed by atoms with Crippen molar-refractivity contribution in [2.24, 2.45) is 10.7 Å². The number of nitrogens with two attached hydrogens (primary N) is 1. The van der Waals surface area contributed by atoms with E-state index >= 15 is 0 Å². The van der Waals surface area contributed by atoms with Crippen LogP contribution >= 0.6 is 24.8 Å². The molecule has 1 saturated heterocycles. The van der Waals surface area contributed by atoms with E-state index in [0.717, 1.165) is 60.7 Å². The van der Waals surface area contributed by atoms with Crippen LogP contribution in [0.25, 0.3) is 6.08 Å². The number of aliphatic carboxylic acids is 1. The van der Waals surface area contributed by atoms with Crippen molar-refractivity contribution in [3.63, 3.8) is 0 Å². The summed E-state index contributed by atoms with van der Waals surface area (Å²) in [7, 11) is -4.15. The number of nitrogens with zero attached hydrogens (tertiary/aromatic N) is 3. The number of ether oxygens (including phenoxy) is 1. The quantitative estimate of drug-likeness (QED) is 0.266. The summed E-state index contributed by atoms with van der Waals surface area (Å²) in [4.78, 5) is 18.2. The Kier molecular flexibility index (Phi) is 12.5. The zero-order valence-corrected chi connectivity index (χ0v) is 25.3. The molecule has 1 fully saturated rings. The minimum atomic E-state index is -4.15. The normalized spacial score (nSPS) is 15.5. The van der Waals surface area contributed by atoms with Crippen LogP contribution in [0, 0.1) is 12.3 Å². The lowest BCUT2D eigenvalue weighted by Crippen LogP contribution is -2.41. The number of carboxylic acids is 1. The molecule has 4 rings (SSSR count). The highest BCUT2D eigenvalue weighted by molar-refractivity contribution is 7.93. The highest BCUT2D eigenvalue weighted by atomic mass is 35.5. The van der Waals surface area contributed by atoms with Gasteiger partial charge in [-0.1, -0.05) is 30.4 Å². The molecule has 2 heterocycles. The number of nitrogen functional groups attached to an aromatic ring is 1. The molecule has 0 aliphatic carbocycles. The van der Waals surface area contributed by atoms with E-state index in [4.69, 9.17) is 15.9 Å². The van der Waals surface area contributed by atoms with Crippen molar-refractivity contribution in [2.75, 3.05) is 36.2 Å². The zero-order valence-electron chi connectivity index (χ0n) is 22.9. The molecule has 0 amide bonds. The van der Waals surface area contributed by atoms with Gasteiger partial charge in [-0.25, -0.2) is 8.42 Å². The first-order valence-corrected chi connectivity index (χ1v) is 14.6. The van der Waals surface area contributed by atoms with Crippen molar-refractivity contribution in [3.8, 4) is 5.75 Å². The number of rotatable bonds is 10. The number of benzene rings is 2.